The lowest BCUT2D eigenvalue weighted by Crippen LogP contribution is -1.85. The molecular formula is C13H7ClFNS. The van der Waals surface area contributed by atoms with E-state index < -0.39 is 5.82 Å². The van der Waals surface area contributed by atoms with Gasteiger partial charge in [0.15, 0.2) is 0 Å². The number of rotatable bonds is 2. The van der Waals surface area contributed by atoms with Crippen molar-refractivity contribution in [1.29, 1.82) is 5.26 Å². The standard InChI is InChI=1S/C13H7ClFNS/c14-13-9(8-16)6-11(7-12(13)15)17-10-4-2-1-3-5-10/h1-7H. The Balaban J connectivity index is 2.35. The molecule has 0 radical (unpaired) electrons. The van der Waals surface area contributed by atoms with Crippen LogP contribution in [0.1, 0.15) is 5.56 Å². The van der Waals surface area contributed by atoms with E-state index in [1.54, 1.807) is 6.07 Å². The topological polar surface area (TPSA) is 23.8 Å². The fraction of sp³-hybridized carbons (Fsp3) is 0. The summed E-state index contributed by atoms with van der Waals surface area (Å²) in [5, 5.41) is 8.70. The fourth-order valence-corrected chi connectivity index (χ4v) is 2.39. The van der Waals surface area contributed by atoms with Crippen molar-refractivity contribution in [2.75, 3.05) is 0 Å². The highest BCUT2D eigenvalue weighted by Gasteiger charge is 2.09. The summed E-state index contributed by atoms with van der Waals surface area (Å²) >= 11 is 7.05. The number of hydrogen-bond donors (Lipinski definition) is 0. The van der Waals surface area contributed by atoms with E-state index in [4.69, 9.17) is 16.9 Å². The number of nitriles is 1. The number of nitrogens with zero attached hydrogens (tertiary/aromatic N) is 1. The van der Waals surface area contributed by atoms with E-state index >= 15 is 0 Å². The third-order valence-electron chi connectivity index (χ3n) is 2.10. The van der Waals surface area contributed by atoms with Gasteiger partial charge in [0.1, 0.15) is 11.9 Å². The van der Waals surface area contributed by atoms with E-state index in [-0.39, 0.29) is 10.6 Å². The molecule has 0 spiro atoms. The Hall–Kier alpha value is -1.50. The second-order valence-electron chi connectivity index (χ2n) is 3.29. The SMILES string of the molecule is N#Cc1cc(Sc2ccccc2)cc(F)c1Cl. The van der Waals surface area contributed by atoms with Gasteiger partial charge in [-0.3, -0.25) is 0 Å². The summed E-state index contributed by atoms with van der Waals surface area (Å²) in [6, 6.07) is 14.4. The lowest BCUT2D eigenvalue weighted by molar-refractivity contribution is 0.624. The molecule has 0 amide bonds. The van der Waals surface area contributed by atoms with Gasteiger partial charge in [-0.25, -0.2) is 4.39 Å². The van der Waals surface area contributed by atoms with Gasteiger partial charge in [-0.2, -0.15) is 5.26 Å². The Morgan fingerprint density at radius 2 is 1.82 bits per heavy atom. The first-order valence-electron chi connectivity index (χ1n) is 4.83. The van der Waals surface area contributed by atoms with Crippen LogP contribution in [0.3, 0.4) is 0 Å². The third kappa shape index (κ3) is 2.79. The summed E-state index contributed by atoms with van der Waals surface area (Å²) in [5.41, 5.74) is 0.157. The maximum absolute atomic E-state index is 13.4. The first kappa shape index (κ1) is 12.0. The average Bonchev–Trinajstić information content (AvgIpc) is 2.35. The van der Waals surface area contributed by atoms with Crippen LogP contribution in [0.25, 0.3) is 0 Å². The zero-order valence-corrected chi connectivity index (χ0v) is 10.2. The first-order valence-corrected chi connectivity index (χ1v) is 6.02. The van der Waals surface area contributed by atoms with Gasteiger partial charge in [-0.05, 0) is 24.3 Å². The van der Waals surface area contributed by atoms with Crippen molar-refractivity contribution in [2.24, 2.45) is 0 Å². The summed E-state index contributed by atoms with van der Waals surface area (Å²) in [6.45, 7) is 0. The van der Waals surface area contributed by atoms with Gasteiger partial charge in [-0.1, -0.05) is 41.6 Å². The third-order valence-corrected chi connectivity index (χ3v) is 3.46. The maximum Gasteiger partial charge on any atom is 0.144 e. The van der Waals surface area contributed by atoms with Gasteiger partial charge in [0.2, 0.25) is 0 Å². The van der Waals surface area contributed by atoms with E-state index in [2.05, 4.69) is 0 Å². The van der Waals surface area contributed by atoms with Crippen LogP contribution in [-0.2, 0) is 0 Å². The highest BCUT2D eigenvalue weighted by molar-refractivity contribution is 7.99. The van der Waals surface area contributed by atoms with E-state index in [0.29, 0.717) is 4.90 Å². The van der Waals surface area contributed by atoms with Crippen molar-refractivity contribution in [3.8, 4) is 6.07 Å². The molecule has 2 aromatic rings. The summed E-state index contributed by atoms with van der Waals surface area (Å²) in [6.07, 6.45) is 0. The van der Waals surface area contributed by atoms with Gasteiger partial charge in [0.25, 0.3) is 0 Å². The van der Waals surface area contributed by atoms with Crippen molar-refractivity contribution in [2.45, 2.75) is 9.79 Å². The van der Waals surface area contributed by atoms with Crippen molar-refractivity contribution >= 4 is 23.4 Å². The predicted octanol–water partition coefficient (Wildman–Crippen LogP) is 4.50. The van der Waals surface area contributed by atoms with E-state index in [9.17, 15) is 4.39 Å². The molecule has 0 aliphatic rings. The monoisotopic (exact) mass is 263 g/mol. The Labute approximate surface area is 108 Å². The molecule has 0 atom stereocenters. The van der Waals surface area contributed by atoms with Crippen LogP contribution in [-0.4, -0.2) is 0 Å². The maximum atomic E-state index is 13.4. The molecule has 0 unspecified atom stereocenters. The molecule has 0 bridgehead atoms. The summed E-state index contributed by atoms with van der Waals surface area (Å²) in [4.78, 5) is 1.65. The molecule has 0 heterocycles. The van der Waals surface area contributed by atoms with Crippen molar-refractivity contribution in [1.82, 2.24) is 0 Å². The molecule has 2 rings (SSSR count). The quantitative estimate of drug-likeness (QED) is 0.796. The Bertz CT molecular complexity index is 578. The van der Waals surface area contributed by atoms with Gasteiger partial charge in [0, 0.05) is 9.79 Å². The van der Waals surface area contributed by atoms with E-state index in [1.165, 1.54) is 17.8 Å². The Morgan fingerprint density at radius 3 is 2.47 bits per heavy atom. The molecule has 0 fully saturated rings. The van der Waals surface area contributed by atoms with Crippen LogP contribution in [0.4, 0.5) is 4.39 Å². The second-order valence-corrected chi connectivity index (χ2v) is 4.82. The lowest BCUT2D eigenvalue weighted by Gasteiger charge is -2.04. The molecule has 0 aromatic heterocycles. The van der Waals surface area contributed by atoms with Crippen molar-refractivity contribution < 1.29 is 4.39 Å². The van der Waals surface area contributed by atoms with Gasteiger partial charge >= 0.3 is 0 Å². The van der Waals surface area contributed by atoms with Crippen LogP contribution in [0, 0.1) is 17.1 Å². The predicted molar refractivity (Wildman–Crippen MR) is 66.7 cm³/mol. The summed E-state index contributed by atoms with van der Waals surface area (Å²) < 4.78 is 13.4. The molecule has 0 saturated heterocycles. The highest BCUT2D eigenvalue weighted by atomic mass is 35.5. The largest absolute Gasteiger partial charge is 0.205 e. The van der Waals surface area contributed by atoms with Crippen molar-refractivity contribution in [3.05, 3.63) is 58.9 Å². The molecular weight excluding hydrogens is 257 g/mol. The van der Waals surface area contributed by atoms with Crippen LogP contribution in [0.15, 0.2) is 52.3 Å². The Kier molecular flexibility index (Phi) is 3.68. The van der Waals surface area contributed by atoms with E-state index in [0.717, 1.165) is 4.90 Å². The molecule has 2 aromatic carbocycles. The molecule has 4 heteroatoms. The molecule has 0 aliphatic carbocycles. The van der Waals surface area contributed by atoms with Crippen molar-refractivity contribution in [3.63, 3.8) is 0 Å². The van der Waals surface area contributed by atoms with E-state index in [1.807, 2.05) is 36.4 Å². The van der Waals surface area contributed by atoms with Crippen LogP contribution < -0.4 is 0 Å². The molecule has 0 N–H and O–H groups in total. The highest BCUT2D eigenvalue weighted by Crippen LogP contribution is 2.31. The molecule has 17 heavy (non-hydrogen) atoms. The summed E-state index contributed by atoms with van der Waals surface area (Å²) in [5.74, 6) is -0.566. The smallest absolute Gasteiger partial charge is 0.144 e. The number of benzene rings is 2. The molecule has 0 saturated carbocycles. The minimum atomic E-state index is -0.566. The minimum Gasteiger partial charge on any atom is -0.205 e. The normalized spacial score (nSPS) is 9.94. The minimum absolute atomic E-state index is 0.120. The first-order chi connectivity index (χ1) is 8.20. The second kappa shape index (κ2) is 5.22. The fourth-order valence-electron chi connectivity index (χ4n) is 1.33. The zero-order valence-electron chi connectivity index (χ0n) is 8.65. The zero-order chi connectivity index (χ0) is 12.3. The Morgan fingerprint density at radius 1 is 1.12 bits per heavy atom. The number of hydrogen-bond acceptors (Lipinski definition) is 2. The van der Waals surface area contributed by atoms with Crippen LogP contribution >= 0.6 is 23.4 Å². The lowest BCUT2D eigenvalue weighted by atomic mass is 10.2. The van der Waals surface area contributed by atoms with Crippen LogP contribution in [0.2, 0.25) is 5.02 Å². The van der Waals surface area contributed by atoms with Crippen LogP contribution in [0.5, 0.6) is 0 Å². The average molecular weight is 264 g/mol. The van der Waals surface area contributed by atoms with Gasteiger partial charge in [-0.15, -0.1) is 0 Å². The number of halogens is 2. The summed E-state index contributed by atoms with van der Waals surface area (Å²) in [7, 11) is 0. The molecule has 1 nitrogen and oxygen atoms in total. The van der Waals surface area contributed by atoms with Gasteiger partial charge < -0.3 is 0 Å². The molecule has 84 valence electrons. The van der Waals surface area contributed by atoms with Gasteiger partial charge in [0.05, 0.1) is 10.6 Å². The molecule has 0 aliphatic heterocycles.